The Hall–Kier alpha value is -3.45. The van der Waals surface area contributed by atoms with Gasteiger partial charge in [-0.25, -0.2) is 4.98 Å². The van der Waals surface area contributed by atoms with Crippen molar-refractivity contribution in [2.24, 2.45) is 5.92 Å². The van der Waals surface area contributed by atoms with Crippen molar-refractivity contribution in [3.63, 3.8) is 0 Å². The standard InChI is InChI=1S/C26H28N4O3/c31-25(27-17-19-7-3-1-4-8-19)22-18-29-13-14-30(26(32)21-11-15-33-16-12-21)23(24(29)28-22)20-9-5-2-6-10-20/h1-10,18,21,23H,11-17H2,(H,27,31). The Morgan fingerprint density at radius 1 is 0.970 bits per heavy atom. The second kappa shape index (κ2) is 9.58. The maximum absolute atomic E-state index is 13.5. The Balaban J connectivity index is 1.41. The predicted molar refractivity (Wildman–Crippen MR) is 123 cm³/mol. The highest BCUT2D eigenvalue weighted by Gasteiger charge is 2.37. The van der Waals surface area contributed by atoms with Gasteiger partial charge in [0.05, 0.1) is 0 Å². The van der Waals surface area contributed by atoms with Gasteiger partial charge in [-0.1, -0.05) is 60.7 Å². The molecule has 1 N–H and O–H groups in total. The van der Waals surface area contributed by atoms with Crippen molar-refractivity contribution in [3.05, 3.63) is 89.5 Å². The molecule has 0 radical (unpaired) electrons. The lowest BCUT2D eigenvalue weighted by atomic mass is 9.95. The molecule has 7 heteroatoms. The highest BCUT2D eigenvalue weighted by molar-refractivity contribution is 5.92. The van der Waals surface area contributed by atoms with Gasteiger partial charge in [-0.3, -0.25) is 9.59 Å². The molecule has 1 atom stereocenters. The number of aromatic nitrogens is 2. The summed E-state index contributed by atoms with van der Waals surface area (Å²) in [6.45, 7) is 2.90. The van der Waals surface area contributed by atoms with Crippen LogP contribution < -0.4 is 5.32 Å². The van der Waals surface area contributed by atoms with Crippen molar-refractivity contribution < 1.29 is 14.3 Å². The summed E-state index contributed by atoms with van der Waals surface area (Å²) in [5.74, 6) is 0.643. The SMILES string of the molecule is O=C(NCc1ccccc1)c1cn2c(n1)C(c1ccccc1)N(C(=O)C1CCOCC1)CC2. The molecular formula is C26H28N4O3. The van der Waals surface area contributed by atoms with E-state index >= 15 is 0 Å². The third kappa shape index (κ3) is 4.54. The number of fused-ring (bicyclic) bond motifs is 1. The first-order chi connectivity index (χ1) is 16.2. The van der Waals surface area contributed by atoms with E-state index in [2.05, 4.69) is 5.32 Å². The van der Waals surface area contributed by atoms with E-state index in [-0.39, 0.29) is 23.8 Å². The largest absolute Gasteiger partial charge is 0.381 e. The molecule has 170 valence electrons. The molecule has 33 heavy (non-hydrogen) atoms. The van der Waals surface area contributed by atoms with Crippen molar-refractivity contribution >= 4 is 11.8 Å². The van der Waals surface area contributed by atoms with Gasteiger partial charge in [-0.15, -0.1) is 0 Å². The Bertz CT molecular complexity index is 1110. The summed E-state index contributed by atoms with van der Waals surface area (Å²) in [5, 5.41) is 2.96. The van der Waals surface area contributed by atoms with Crippen LogP contribution in [0.1, 0.15) is 46.3 Å². The first-order valence-corrected chi connectivity index (χ1v) is 11.5. The molecule has 3 heterocycles. The van der Waals surface area contributed by atoms with E-state index in [0.717, 1.165) is 29.8 Å². The zero-order chi connectivity index (χ0) is 22.6. The van der Waals surface area contributed by atoms with Gasteiger partial charge in [0, 0.05) is 45.0 Å². The molecule has 5 rings (SSSR count). The highest BCUT2D eigenvalue weighted by atomic mass is 16.5. The second-order valence-electron chi connectivity index (χ2n) is 8.58. The fraction of sp³-hybridized carbons (Fsp3) is 0.346. The number of ether oxygens (including phenoxy) is 1. The maximum atomic E-state index is 13.5. The van der Waals surface area contributed by atoms with Crippen LogP contribution in [-0.4, -0.2) is 46.0 Å². The van der Waals surface area contributed by atoms with Crippen LogP contribution in [0.15, 0.2) is 66.9 Å². The van der Waals surface area contributed by atoms with Crippen LogP contribution in [0.2, 0.25) is 0 Å². The van der Waals surface area contributed by atoms with Crippen LogP contribution in [0.25, 0.3) is 0 Å². The number of nitrogens with one attached hydrogen (secondary N) is 1. The van der Waals surface area contributed by atoms with Crippen molar-refractivity contribution in [3.8, 4) is 0 Å². The fourth-order valence-corrected chi connectivity index (χ4v) is 4.67. The molecule has 2 aliphatic rings. The van der Waals surface area contributed by atoms with Gasteiger partial charge in [0.1, 0.15) is 17.6 Å². The summed E-state index contributed by atoms with van der Waals surface area (Å²) in [6, 6.07) is 19.4. The van der Waals surface area contributed by atoms with Crippen molar-refractivity contribution in [1.82, 2.24) is 19.8 Å². The van der Waals surface area contributed by atoms with E-state index in [1.807, 2.05) is 76.3 Å². The number of rotatable bonds is 5. The maximum Gasteiger partial charge on any atom is 0.271 e. The third-order valence-electron chi connectivity index (χ3n) is 6.44. The summed E-state index contributed by atoms with van der Waals surface area (Å²) in [7, 11) is 0. The van der Waals surface area contributed by atoms with Crippen LogP contribution >= 0.6 is 0 Å². The molecule has 7 nitrogen and oxygen atoms in total. The van der Waals surface area contributed by atoms with Gasteiger partial charge in [0.25, 0.3) is 5.91 Å². The lowest BCUT2D eigenvalue weighted by Gasteiger charge is -2.38. The molecule has 0 saturated carbocycles. The quantitative estimate of drug-likeness (QED) is 0.656. The van der Waals surface area contributed by atoms with Crippen LogP contribution in [0.4, 0.5) is 0 Å². The first-order valence-electron chi connectivity index (χ1n) is 11.5. The Morgan fingerprint density at radius 3 is 2.39 bits per heavy atom. The number of imidazole rings is 1. The topological polar surface area (TPSA) is 76.5 Å². The van der Waals surface area contributed by atoms with Gasteiger partial charge in [-0.05, 0) is 24.0 Å². The van der Waals surface area contributed by atoms with E-state index in [0.29, 0.717) is 38.5 Å². The van der Waals surface area contributed by atoms with Crippen LogP contribution in [0.5, 0.6) is 0 Å². The van der Waals surface area contributed by atoms with E-state index in [1.165, 1.54) is 0 Å². The fourth-order valence-electron chi connectivity index (χ4n) is 4.67. The number of hydrogen-bond acceptors (Lipinski definition) is 4. The molecule has 2 aromatic carbocycles. The van der Waals surface area contributed by atoms with E-state index in [4.69, 9.17) is 9.72 Å². The van der Waals surface area contributed by atoms with Gasteiger partial charge >= 0.3 is 0 Å². The molecule has 1 aromatic heterocycles. The molecule has 2 amide bonds. The summed E-state index contributed by atoms with van der Waals surface area (Å²) in [5.41, 5.74) is 2.41. The summed E-state index contributed by atoms with van der Waals surface area (Å²) in [4.78, 5) is 33.0. The average Bonchev–Trinajstić information content (AvgIpc) is 3.32. The first kappa shape index (κ1) is 21.4. The van der Waals surface area contributed by atoms with Crippen molar-refractivity contribution in [1.29, 1.82) is 0 Å². The van der Waals surface area contributed by atoms with E-state index < -0.39 is 0 Å². The van der Waals surface area contributed by atoms with Gasteiger partial charge in [0.2, 0.25) is 5.91 Å². The molecular weight excluding hydrogens is 416 g/mol. The number of hydrogen-bond donors (Lipinski definition) is 1. The number of benzene rings is 2. The Kier molecular flexibility index (Phi) is 6.21. The number of amides is 2. The summed E-state index contributed by atoms with van der Waals surface area (Å²) in [6.07, 6.45) is 3.30. The lowest BCUT2D eigenvalue weighted by Crippen LogP contribution is -2.46. The number of nitrogens with zero attached hydrogens (tertiary/aromatic N) is 3. The molecule has 2 aliphatic heterocycles. The number of carbonyl (C=O) groups is 2. The zero-order valence-electron chi connectivity index (χ0n) is 18.5. The molecule has 0 bridgehead atoms. The van der Waals surface area contributed by atoms with E-state index in [1.54, 1.807) is 0 Å². The zero-order valence-corrected chi connectivity index (χ0v) is 18.5. The highest BCUT2D eigenvalue weighted by Crippen LogP contribution is 2.34. The molecule has 1 unspecified atom stereocenters. The van der Waals surface area contributed by atoms with Crippen LogP contribution in [0.3, 0.4) is 0 Å². The molecule has 1 fully saturated rings. The Labute approximate surface area is 193 Å². The van der Waals surface area contributed by atoms with Crippen LogP contribution in [0, 0.1) is 5.92 Å². The normalized spacial score (nSPS) is 18.5. The summed E-state index contributed by atoms with van der Waals surface area (Å²) >= 11 is 0. The molecule has 1 saturated heterocycles. The Morgan fingerprint density at radius 2 is 1.67 bits per heavy atom. The second-order valence-corrected chi connectivity index (χ2v) is 8.58. The van der Waals surface area contributed by atoms with Crippen molar-refractivity contribution in [2.75, 3.05) is 19.8 Å². The van der Waals surface area contributed by atoms with Crippen LogP contribution in [-0.2, 0) is 22.6 Å². The predicted octanol–water partition coefficient (Wildman–Crippen LogP) is 3.17. The smallest absolute Gasteiger partial charge is 0.271 e. The number of carbonyl (C=O) groups excluding carboxylic acids is 2. The lowest BCUT2D eigenvalue weighted by molar-refractivity contribution is -0.141. The monoisotopic (exact) mass is 444 g/mol. The average molecular weight is 445 g/mol. The molecule has 0 aliphatic carbocycles. The van der Waals surface area contributed by atoms with Gasteiger partial charge in [-0.2, -0.15) is 0 Å². The minimum atomic E-state index is -0.314. The van der Waals surface area contributed by atoms with Crippen molar-refractivity contribution in [2.45, 2.75) is 32.0 Å². The van der Waals surface area contributed by atoms with E-state index in [9.17, 15) is 9.59 Å². The molecule has 3 aromatic rings. The summed E-state index contributed by atoms with van der Waals surface area (Å²) < 4.78 is 7.47. The minimum absolute atomic E-state index is 0.0277. The molecule has 0 spiro atoms. The minimum Gasteiger partial charge on any atom is -0.381 e. The van der Waals surface area contributed by atoms with Gasteiger partial charge < -0.3 is 19.5 Å². The third-order valence-corrected chi connectivity index (χ3v) is 6.44. The van der Waals surface area contributed by atoms with Gasteiger partial charge in [0.15, 0.2) is 0 Å².